The molecule has 1 heterocycles. The number of aliphatic carboxylic acids is 1. The van der Waals surface area contributed by atoms with Crippen molar-refractivity contribution in [3.63, 3.8) is 0 Å². The number of carbonyl (C=O) groups is 3. The van der Waals surface area contributed by atoms with Crippen LogP contribution in [-0.2, 0) is 23.9 Å². The molecule has 0 unspecified atom stereocenters. The first-order valence-electron chi connectivity index (χ1n) is 6.53. The van der Waals surface area contributed by atoms with Gasteiger partial charge >= 0.3 is 17.7 Å². The van der Waals surface area contributed by atoms with E-state index in [0.717, 1.165) is 0 Å². The number of hydrogen-bond acceptors (Lipinski definition) is 5. The van der Waals surface area contributed by atoms with Crippen LogP contribution in [0.15, 0.2) is 12.2 Å². The van der Waals surface area contributed by atoms with Gasteiger partial charge in [-0.1, -0.05) is 12.2 Å². The van der Waals surface area contributed by atoms with Crippen molar-refractivity contribution in [2.45, 2.75) is 57.8 Å². The average Bonchev–Trinajstić information content (AvgIpc) is 2.59. The quantitative estimate of drug-likeness (QED) is 0.566. The fourth-order valence-electron chi connectivity index (χ4n) is 1.93. The van der Waals surface area contributed by atoms with Crippen LogP contribution in [0.2, 0.25) is 0 Å². The lowest BCUT2D eigenvalue weighted by Crippen LogP contribution is -2.39. The number of esters is 1. The van der Waals surface area contributed by atoms with Gasteiger partial charge in [-0.2, -0.15) is 0 Å². The Labute approximate surface area is 117 Å². The van der Waals surface area contributed by atoms with Crippen molar-refractivity contribution in [2.24, 2.45) is 0 Å². The number of Topliss-reactive ketones (excluding diaryl/α,β-unsaturated/α-hetero) is 1. The summed E-state index contributed by atoms with van der Waals surface area (Å²) in [4.78, 5) is 34.4. The molecule has 1 aliphatic heterocycles. The topological polar surface area (TPSA) is 89.9 Å². The fraction of sp³-hybridized carbons (Fsp3) is 0.643. The molecule has 0 spiro atoms. The maximum atomic E-state index is 11.8. The van der Waals surface area contributed by atoms with E-state index in [9.17, 15) is 14.4 Å². The molecular formula is C14H20O6. The molecule has 0 aromatic rings. The molecule has 20 heavy (non-hydrogen) atoms. The van der Waals surface area contributed by atoms with Gasteiger partial charge in [-0.3, -0.25) is 4.79 Å². The van der Waals surface area contributed by atoms with Crippen molar-refractivity contribution in [2.75, 3.05) is 0 Å². The molecule has 0 bridgehead atoms. The number of cyclic esters (lactones) is 1. The van der Waals surface area contributed by atoms with Gasteiger partial charge in [0.05, 0.1) is 0 Å². The Morgan fingerprint density at radius 3 is 2.45 bits per heavy atom. The van der Waals surface area contributed by atoms with Gasteiger partial charge in [0.15, 0.2) is 5.60 Å². The Balaban J connectivity index is 2.57. The molecule has 0 aliphatic carbocycles. The van der Waals surface area contributed by atoms with Gasteiger partial charge in [0.2, 0.25) is 0 Å². The number of carbonyl (C=O) groups excluding carboxylic acids is 2. The van der Waals surface area contributed by atoms with Crippen molar-refractivity contribution >= 4 is 17.7 Å². The van der Waals surface area contributed by atoms with Crippen LogP contribution in [0, 0.1) is 0 Å². The van der Waals surface area contributed by atoms with Crippen LogP contribution in [0.4, 0.5) is 0 Å². The largest absolute Gasteiger partial charge is 0.476 e. The third-order valence-corrected chi connectivity index (χ3v) is 3.23. The zero-order valence-electron chi connectivity index (χ0n) is 12.0. The minimum Gasteiger partial charge on any atom is -0.476 e. The van der Waals surface area contributed by atoms with Crippen LogP contribution in [0.3, 0.4) is 0 Å². The van der Waals surface area contributed by atoms with Gasteiger partial charge in [-0.25, -0.2) is 9.59 Å². The van der Waals surface area contributed by atoms with Crippen molar-refractivity contribution in [3.05, 3.63) is 12.2 Å². The number of carboxylic acid groups (broad SMARTS) is 1. The van der Waals surface area contributed by atoms with E-state index in [-0.39, 0.29) is 18.6 Å². The predicted molar refractivity (Wildman–Crippen MR) is 69.9 cm³/mol. The molecule has 1 aliphatic rings. The normalized spacial score (nSPS) is 29.6. The Morgan fingerprint density at radius 2 is 1.95 bits per heavy atom. The number of ether oxygens (including phenoxy) is 2. The van der Waals surface area contributed by atoms with Crippen LogP contribution >= 0.6 is 0 Å². The summed E-state index contributed by atoms with van der Waals surface area (Å²) in [7, 11) is 0. The molecule has 2 atom stereocenters. The van der Waals surface area contributed by atoms with Crippen LogP contribution in [0.5, 0.6) is 0 Å². The highest BCUT2D eigenvalue weighted by Gasteiger charge is 2.57. The molecule has 6 heteroatoms. The summed E-state index contributed by atoms with van der Waals surface area (Å²) in [5.74, 6) is -4.08. The molecule has 0 aromatic heterocycles. The SMILES string of the molecule is C/C=C/CCC(=O)CC[C@@]1(C)O[C@@](C)(C(=O)O)OC1=O. The number of hydrogen-bond donors (Lipinski definition) is 1. The molecule has 0 saturated carbocycles. The summed E-state index contributed by atoms with van der Waals surface area (Å²) in [6.45, 7) is 4.50. The van der Waals surface area contributed by atoms with Gasteiger partial charge in [-0.15, -0.1) is 0 Å². The first-order chi connectivity index (χ1) is 9.23. The monoisotopic (exact) mass is 284 g/mol. The minimum absolute atomic E-state index is 0.00431. The molecule has 0 amide bonds. The van der Waals surface area contributed by atoms with E-state index in [1.54, 1.807) is 0 Å². The second-order valence-corrected chi connectivity index (χ2v) is 5.12. The third kappa shape index (κ3) is 3.66. The minimum atomic E-state index is -1.97. The smallest absolute Gasteiger partial charge is 0.377 e. The number of ketones is 1. The first-order valence-corrected chi connectivity index (χ1v) is 6.53. The number of carboxylic acids is 1. The fourth-order valence-corrected chi connectivity index (χ4v) is 1.93. The van der Waals surface area contributed by atoms with E-state index >= 15 is 0 Å². The van der Waals surface area contributed by atoms with Gasteiger partial charge in [0.25, 0.3) is 0 Å². The number of allylic oxidation sites excluding steroid dienone is 2. The lowest BCUT2D eigenvalue weighted by molar-refractivity contribution is -0.207. The number of rotatable bonds is 7. The first kappa shape index (κ1) is 16.4. The van der Waals surface area contributed by atoms with E-state index < -0.39 is 23.3 Å². The van der Waals surface area contributed by atoms with E-state index in [1.165, 1.54) is 13.8 Å². The van der Waals surface area contributed by atoms with Crippen molar-refractivity contribution < 1.29 is 29.0 Å². The summed E-state index contributed by atoms with van der Waals surface area (Å²) in [5, 5.41) is 8.97. The molecular weight excluding hydrogens is 264 g/mol. The Kier molecular flexibility index (Phi) is 5.05. The van der Waals surface area contributed by atoms with Crippen molar-refractivity contribution in [1.82, 2.24) is 0 Å². The van der Waals surface area contributed by atoms with Crippen LogP contribution in [-0.4, -0.2) is 34.2 Å². The maximum absolute atomic E-state index is 11.8. The zero-order chi connectivity index (χ0) is 15.4. The second kappa shape index (κ2) is 6.17. The average molecular weight is 284 g/mol. The maximum Gasteiger partial charge on any atom is 0.377 e. The van der Waals surface area contributed by atoms with E-state index in [2.05, 4.69) is 0 Å². The summed E-state index contributed by atoms with van der Waals surface area (Å²) < 4.78 is 10.0. The van der Waals surface area contributed by atoms with Crippen molar-refractivity contribution in [3.8, 4) is 0 Å². The molecule has 0 aromatic carbocycles. The Bertz CT molecular complexity index is 441. The highest BCUT2D eigenvalue weighted by molar-refractivity contribution is 5.88. The highest BCUT2D eigenvalue weighted by Crippen LogP contribution is 2.35. The molecule has 6 nitrogen and oxygen atoms in total. The van der Waals surface area contributed by atoms with Crippen LogP contribution in [0.1, 0.15) is 46.5 Å². The molecule has 1 saturated heterocycles. The predicted octanol–water partition coefficient (Wildman–Crippen LogP) is 1.82. The molecule has 0 radical (unpaired) electrons. The van der Waals surface area contributed by atoms with Crippen LogP contribution in [0.25, 0.3) is 0 Å². The Morgan fingerprint density at radius 1 is 1.30 bits per heavy atom. The summed E-state index contributed by atoms with van der Waals surface area (Å²) in [5.41, 5.74) is -1.39. The second-order valence-electron chi connectivity index (χ2n) is 5.12. The lowest BCUT2D eigenvalue weighted by Gasteiger charge is -2.21. The van der Waals surface area contributed by atoms with Gasteiger partial charge in [0, 0.05) is 19.8 Å². The zero-order valence-corrected chi connectivity index (χ0v) is 12.0. The van der Waals surface area contributed by atoms with Crippen LogP contribution < -0.4 is 0 Å². The lowest BCUT2D eigenvalue weighted by atomic mass is 9.97. The summed E-state index contributed by atoms with van der Waals surface area (Å²) in [6.07, 6.45) is 5.07. The third-order valence-electron chi connectivity index (χ3n) is 3.23. The van der Waals surface area contributed by atoms with Crippen molar-refractivity contribution in [1.29, 1.82) is 0 Å². The van der Waals surface area contributed by atoms with E-state index in [0.29, 0.717) is 12.8 Å². The van der Waals surface area contributed by atoms with Gasteiger partial charge in [-0.05, 0) is 26.7 Å². The molecule has 112 valence electrons. The van der Waals surface area contributed by atoms with Gasteiger partial charge < -0.3 is 14.6 Å². The summed E-state index contributed by atoms with van der Waals surface area (Å²) in [6, 6.07) is 0. The molecule has 1 fully saturated rings. The van der Waals surface area contributed by atoms with E-state index in [4.69, 9.17) is 14.6 Å². The molecule has 1 rings (SSSR count). The Hall–Kier alpha value is -1.69. The van der Waals surface area contributed by atoms with E-state index in [1.807, 2.05) is 19.1 Å². The summed E-state index contributed by atoms with van der Waals surface area (Å²) >= 11 is 0. The van der Waals surface area contributed by atoms with Gasteiger partial charge in [0.1, 0.15) is 5.78 Å². The highest BCUT2D eigenvalue weighted by atomic mass is 16.8. The standard InChI is InChI=1S/C14H20O6/c1-4-5-6-7-10(15)8-9-13(2)12(18)19-14(3,20-13)11(16)17/h4-5H,6-9H2,1-3H3,(H,16,17)/b5-4+/t13-,14+/m1/s1. The molecule has 1 N–H and O–H groups in total.